The Balaban J connectivity index is 1.91. The van der Waals surface area contributed by atoms with Crippen molar-refractivity contribution in [3.05, 3.63) is 65.2 Å². The van der Waals surface area contributed by atoms with Crippen LogP contribution in [0.1, 0.15) is 50.3 Å². The summed E-state index contributed by atoms with van der Waals surface area (Å²) in [5.74, 6) is 7.96. The Hall–Kier alpha value is -2.53. The third-order valence-electron chi connectivity index (χ3n) is 4.03. The summed E-state index contributed by atoms with van der Waals surface area (Å²) in [5.41, 5.74) is 3.28. The second-order valence-electron chi connectivity index (χ2n) is 6.45. The van der Waals surface area contributed by atoms with Crippen LogP contribution in [-0.4, -0.2) is 12.4 Å². The zero-order valence-corrected chi connectivity index (χ0v) is 15.3. The number of benzene rings is 2. The number of ketones is 1. The first-order valence-corrected chi connectivity index (χ1v) is 8.90. The van der Waals surface area contributed by atoms with Gasteiger partial charge in [0.25, 0.3) is 0 Å². The van der Waals surface area contributed by atoms with Crippen molar-refractivity contribution >= 4 is 5.78 Å². The van der Waals surface area contributed by atoms with E-state index in [9.17, 15) is 4.79 Å². The van der Waals surface area contributed by atoms with Gasteiger partial charge in [0.2, 0.25) is 0 Å². The number of aryl methyl sites for hydroxylation is 1. The molecule has 0 aliphatic carbocycles. The van der Waals surface area contributed by atoms with Crippen LogP contribution in [0.25, 0.3) is 0 Å². The van der Waals surface area contributed by atoms with E-state index >= 15 is 0 Å². The fourth-order valence-electron chi connectivity index (χ4n) is 2.71. The second kappa shape index (κ2) is 9.69. The highest BCUT2D eigenvalue weighted by molar-refractivity contribution is 5.75. The molecule has 0 saturated heterocycles. The number of hydrogen-bond donors (Lipinski definition) is 0. The van der Waals surface area contributed by atoms with Gasteiger partial charge in [-0.2, -0.15) is 0 Å². The Kier molecular flexibility index (Phi) is 7.29. The zero-order chi connectivity index (χ0) is 18.1. The van der Waals surface area contributed by atoms with Crippen LogP contribution in [0.3, 0.4) is 0 Å². The number of carbonyl (C=O) groups excluding carboxylic acids is 1. The van der Waals surface area contributed by atoms with Crippen LogP contribution in [0.15, 0.2) is 48.5 Å². The lowest BCUT2D eigenvalue weighted by atomic mass is 9.96. The number of Topliss-reactive ketones (excluding diaryl/α,β-unsaturated/α-hetero) is 1. The maximum absolute atomic E-state index is 11.1. The summed E-state index contributed by atoms with van der Waals surface area (Å²) in [7, 11) is 0. The minimum absolute atomic E-state index is 0.271. The predicted molar refractivity (Wildman–Crippen MR) is 103 cm³/mol. The average molecular weight is 334 g/mol. The lowest BCUT2D eigenvalue weighted by Crippen LogP contribution is -2.03. The van der Waals surface area contributed by atoms with Crippen molar-refractivity contribution < 1.29 is 9.53 Å². The third kappa shape index (κ3) is 6.85. The maximum Gasteiger partial charge on any atom is 0.130 e. The molecule has 25 heavy (non-hydrogen) atoms. The molecule has 2 aromatic rings. The lowest BCUT2D eigenvalue weighted by molar-refractivity contribution is -0.117. The smallest absolute Gasteiger partial charge is 0.130 e. The molecule has 2 rings (SSSR count). The van der Waals surface area contributed by atoms with Gasteiger partial charge in [0.05, 0.1) is 6.61 Å². The van der Waals surface area contributed by atoms with Crippen LogP contribution in [0.4, 0.5) is 0 Å². The molecule has 0 heterocycles. The van der Waals surface area contributed by atoms with Crippen molar-refractivity contribution in [2.75, 3.05) is 6.61 Å². The van der Waals surface area contributed by atoms with Gasteiger partial charge in [-0.3, -0.25) is 0 Å². The van der Waals surface area contributed by atoms with Crippen LogP contribution in [-0.2, 0) is 11.2 Å². The zero-order valence-electron chi connectivity index (χ0n) is 15.3. The number of hydrogen-bond acceptors (Lipinski definition) is 2. The van der Waals surface area contributed by atoms with E-state index in [1.165, 1.54) is 5.56 Å². The van der Waals surface area contributed by atoms with Gasteiger partial charge in [-0.05, 0) is 74.6 Å². The van der Waals surface area contributed by atoms with E-state index < -0.39 is 0 Å². The first-order chi connectivity index (χ1) is 12.1. The van der Waals surface area contributed by atoms with Gasteiger partial charge in [-0.15, -0.1) is 0 Å². The highest BCUT2D eigenvalue weighted by Crippen LogP contribution is 2.14. The van der Waals surface area contributed by atoms with E-state index in [2.05, 4.69) is 43.0 Å². The Labute approximate surface area is 151 Å². The quantitative estimate of drug-likeness (QED) is 0.664. The largest absolute Gasteiger partial charge is 0.494 e. The fraction of sp³-hybridized carbons (Fsp3) is 0.348. The molecule has 1 unspecified atom stereocenters. The van der Waals surface area contributed by atoms with Crippen molar-refractivity contribution in [2.45, 2.75) is 40.0 Å². The number of rotatable bonds is 7. The van der Waals surface area contributed by atoms with E-state index in [0.717, 1.165) is 29.7 Å². The molecule has 2 nitrogen and oxygen atoms in total. The molecule has 0 aliphatic heterocycles. The minimum Gasteiger partial charge on any atom is -0.494 e. The summed E-state index contributed by atoms with van der Waals surface area (Å²) >= 11 is 0. The molecule has 2 heteroatoms. The Morgan fingerprint density at radius 3 is 2.08 bits per heavy atom. The van der Waals surface area contributed by atoms with E-state index in [1.807, 2.05) is 31.2 Å². The van der Waals surface area contributed by atoms with E-state index in [-0.39, 0.29) is 5.78 Å². The summed E-state index contributed by atoms with van der Waals surface area (Å²) in [6, 6.07) is 16.2. The third-order valence-corrected chi connectivity index (χ3v) is 4.03. The average Bonchev–Trinajstić information content (AvgIpc) is 2.60. The molecule has 0 aliphatic rings. The number of carbonyl (C=O) groups is 1. The molecule has 0 saturated carbocycles. The van der Waals surface area contributed by atoms with Crippen molar-refractivity contribution in [3.63, 3.8) is 0 Å². The maximum atomic E-state index is 11.1. The van der Waals surface area contributed by atoms with Gasteiger partial charge >= 0.3 is 0 Å². The molecule has 130 valence electrons. The van der Waals surface area contributed by atoms with Crippen LogP contribution in [0, 0.1) is 17.8 Å². The van der Waals surface area contributed by atoms with Gasteiger partial charge in [-0.25, -0.2) is 0 Å². The minimum atomic E-state index is 0.271. The summed E-state index contributed by atoms with van der Waals surface area (Å²) < 4.78 is 5.43. The SMILES string of the molecule is CCOc1ccc(C#Cc2ccc(CCC(C)CC(C)=O)cc2)cc1. The van der Waals surface area contributed by atoms with Crippen molar-refractivity contribution in [3.8, 4) is 17.6 Å². The van der Waals surface area contributed by atoms with E-state index in [1.54, 1.807) is 6.92 Å². The highest BCUT2D eigenvalue weighted by Gasteiger charge is 2.05. The fourth-order valence-corrected chi connectivity index (χ4v) is 2.71. The van der Waals surface area contributed by atoms with Crippen molar-refractivity contribution in [1.82, 2.24) is 0 Å². The van der Waals surface area contributed by atoms with E-state index in [4.69, 9.17) is 4.74 Å². The molecule has 1 atom stereocenters. The highest BCUT2D eigenvalue weighted by atomic mass is 16.5. The van der Waals surface area contributed by atoms with Gasteiger partial charge in [0, 0.05) is 17.5 Å². The monoisotopic (exact) mass is 334 g/mol. The summed E-state index contributed by atoms with van der Waals surface area (Å²) in [6.07, 6.45) is 2.71. The van der Waals surface area contributed by atoms with Crippen LogP contribution in [0.2, 0.25) is 0 Å². The predicted octanol–water partition coefficient (Wildman–Crippen LogP) is 5.03. The summed E-state index contributed by atoms with van der Waals surface area (Å²) in [6.45, 7) is 6.44. The van der Waals surface area contributed by atoms with Crippen molar-refractivity contribution in [1.29, 1.82) is 0 Å². The van der Waals surface area contributed by atoms with Gasteiger partial charge in [0.15, 0.2) is 0 Å². The van der Waals surface area contributed by atoms with Crippen LogP contribution < -0.4 is 4.74 Å². The Bertz CT molecular complexity index is 730. The van der Waals surface area contributed by atoms with Crippen LogP contribution >= 0.6 is 0 Å². The van der Waals surface area contributed by atoms with Crippen LogP contribution in [0.5, 0.6) is 5.75 Å². The number of ether oxygens (including phenoxy) is 1. The Morgan fingerprint density at radius 1 is 1.00 bits per heavy atom. The molecule has 0 amide bonds. The van der Waals surface area contributed by atoms with Gasteiger partial charge < -0.3 is 9.53 Å². The summed E-state index contributed by atoms with van der Waals surface area (Å²) in [5, 5.41) is 0. The molecule has 0 bridgehead atoms. The topological polar surface area (TPSA) is 26.3 Å². The standard InChI is InChI=1S/C23H26O2/c1-4-25-23-15-13-22(14-16-23)12-11-21-9-7-20(8-10-21)6-5-18(2)17-19(3)24/h7-10,13-16,18H,4-6,17H2,1-3H3. The first kappa shape index (κ1) is 18.8. The van der Waals surface area contributed by atoms with E-state index in [0.29, 0.717) is 18.9 Å². The molecule has 0 radical (unpaired) electrons. The molecular formula is C23H26O2. The molecular weight excluding hydrogens is 308 g/mol. The summed E-state index contributed by atoms with van der Waals surface area (Å²) in [4.78, 5) is 11.1. The normalized spacial score (nSPS) is 11.3. The molecule has 0 spiro atoms. The van der Waals surface area contributed by atoms with Gasteiger partial charge in [-0.1, -0.05) is 30.9 Å². The molecule has 0 fully saturated rings. The lowest BCUT2D eigenvalue weighted by Gasteiger charge is -2.08. The first-order valence-electron chi connectivity index (χ1n) is 8.90. The van der Waals surface area contributed by atoms with Gasteiger partial charge in [0.1, 0.15) is 11.5 Å². The molecule has 0 aromatic heterocycles. The van der Waals surface area contributed by atoms with Crippen molar-refractivity contribution in [2.24, 2.45) is 5.92 Å². The second-order valence-corrected chi connectivity index (χ2v) is 6.45. The Morgan fingerprint density at radius 2 is 1.56 bits per heavy atom. The molecule has 2 aromatic carbocycles. The molecule has 0 N–H and O–H groups in total.